The van der Waals surface area contributed by atoms with Crippen LogP contribution in [0.4, 0.5) is 5.69 Å². The Hall–Kier alpha value is -2.50. The number of amides is 2. The maximum Gasteiger partial charge on any atom is 0.227 e. The van der Waals surface area contributed by atoms with Gasteiger partial charge in [-0.3, -0.25) is 9.59 Å². The van der Waals surface area contributed by atoms with Gasteiger partial charge >= 0.3 is 0 Å². The molecule has 1 N–H and O–H groups in total. The average Bonchev–Trinajstić information content (AvgIpc) is 3.08. The lowest BCUT2D eigenvalue weighted by Crippen LogP contribution is -2.32. The smallest absolute Gasteiger partial charge is 0.227 e. The Balaban J connectivity index is 1.62. The van der Waals surface area contributed by atoms with Crippen LogP contribution in [0, 0.1) is 5.92 Å². The predicted molar refractivity (Wildman–Crippen MR) is 111 cm³/mol. The van der Waals surface area contributed by atoms with E-state index in [2.05, 4.69) is 11.9 Å². The van der Waals surface area contributed by atoms with Crippen molar-refractivity contribution in [1.29, 1.82) is 0 Å². The molecule has 2 aromatic rings. The van der Waals surface area contributed by atoms with E-state index in [9.17, 15) is 9.59 Å². The van der Waals surface area contributed by atoms with Gasteiger partial charge in [-0.25, -0.2) is 0 Å². The molecule has 0 radical (unpaired) electrons. The first-order valence-corrected chi connectivity index (χ1v) is 9.60. The number of ether oxygens (including phenoxy) is 1. The fraction of sp³-hybridized carbons (Fsp3) is 0.238. The number of carbonyl (C=O) groups excluding carboxylic acids is 2. The molecule has 0 bridgehead atoms. The maximum absolute atomic E-state index is 12.3. The van der Waals surface area contributed by atoms with Gasteiger partial charge < -0.3 is 15.0 Å². The Kier molecular flexibility index (Phi) is 6.60. The number of hydrogen-bond donors (Lipinski definition) is 1. The van der Waals surface area contributed by atoms with Crippen molar-refractivity contribution < 1.29 is 14.3 Å². The summed E-state index contributed by atoms with van der Waals surface area (Å²) in [4.78, 5) is 26.0. The van der Waals surface area contributed by atoms with E-state index in [0.717, 1.165) is 11.3 Å². The maximum atomic E-state index is 12.3. The van der Waals surface area contributed by atoms with Crippen LogP contribution in [-0.2, 0) is 16.2 Å². The second-order valence-corrected chi connectivity index (χ2v) is 7.24. The first-order chi connectivity index (χ1) is 13.5. The zero-order chi connectivity index (χ0) is 20.1. The molecule has 1 heterocycles. The summed E-state index contributed by atoms with van der Waals surface area (Å²) >= 11 is 12.3. The lowest BCUT2D eigenvalue weighted by atomic mass is 10.1. The Bertz CT molecular complexity index is 863. The standard InChI is InChI=1S/C21H20Cl2N2O3/c1-2-10-24-21(27)14-11-20(26)25(12-14)15-6-8-16(9-7-15)28-13-17-18(22)4-3-5-19(17)23/h2-9,14H,1,10-13H2,(H,24,27). The summed E-state index contributed by atoms with van der Waals surface area (Å²) < 4.78 is 5.76. The zero-order valence-electron chi connectivity index (χ0n) is 15.2. The molecule has 1 aliphatic rings. The van der Waals surface area contributed by atoms with Gasteiger partial charge in [-0.05, 0) is 36.4 Å². The Morgan fingerprint density at radius 2 is 1.89 bits per heavy atom. The number of nitrogens with zero attached hydrogens (tertiary/aromatic N) is 1. The normalized spacial score (nSPS) is 16.1. The van der Waals surface area contributed by atoms with Crippen LogP contribution < -0.4 is 15.0 Å². The summed E-state index contributed by atoms with van der Waals surface area (Å²) in [5, 5.41) is 3.84. The largest absolute Gasteiger partial charge is 0.489 e. The van der Waals surface area contributed by atoms with Gasteiger partial charge in [-0.2, -0.15) is 0 Å². The highest BCUT2D eigenvalue weighted by Crippen LogP contribution is 2.29. The van der Waals surface area contributed by atoms with E-state index in [1.165, 1.54) is 0 Å². The minimum absolute atomic E-state index is 0.0738. The third-order valence-corrected chi connectivity index (χ3v) is 5.22. The molecule has 7 heteroatoms. The van der Waals surface area contributed by atoms with Crippen LogP contribution in [0.3, 0.4) is 0 Å². The van der Waals surface area contributed by atoms with E-state index in [-0.39, 0.29) is 30.8 Å². The van der Waals surface area contributed by atoms with Gasteiger partial charge in [-0.1, -0.05) is 35.3 Å². The highest BCUT2D eigenvalue weighted by molar-refractivity contribution is 6.35. The number of halogens is 2. The minimum atomic E-state index is -0.356. The van der Waals surface area contributed by atoms with Crippen molar-refractivity contribution in [2.45, 2.75) is 13.0 Å². The van der Waals surface area contributed by atoms with Crippen molar-refractivity contribution in [1.82, 2.24) is 5.32 Å². The summed E-state index contributed by atoms with van der Waals surface area (Å²) in [5.41, 5.74) is 1.45. The van der Waals surface area contributed by atoms with Crippen molar-refractivity contribution in [2.24, 2.45) is 5.92 Å². The van der Waals surface area contributed by atoms with Crippen molar-refractivity contribution in [2.75, 3.05) is 18.0 Å². The van der Waals surface area contributed by atoms with E-state index in [0.29, 0.717) is 28.9 Å². The molecule has 1 aliphatic heterocycles. The third-order valence-electron chi connectivity index (χ3n) is 4.51. The highest BCUT2D eigenvalue weighted by Gasteiger charge is 2.34. The van der Waals surface area contributed by atoms with E-state index in [1.807, 2.05) is 0 Å². The van der Waals surface area contributed by atoms with Gasteiger partial charge in [0.25, 0.3) is 0 Å². The topological polar surface area (TPSA) is 58.6 Å². The molecule has 1 saturated heterocycles. The van der Waals surface area contributed by atoms with E-state index >= 15 is 0 Å². The first kappa shape index (κ1) is 20.2. The molecule has 2 aromatic carbocycles. The summed E-state index contributed by atoms with van der Waals surface area (Å²) in [6.45, 7) is 4.56. The third kappa shape index (κ3) is 4.66. The number of carbonyl (C=O) groups is 2. The molecule has 1 fully saturated rings. The lowest BCUT2D eigenvalue weighted by Gasteiger charge is -2.17. The number of anilines is 1. The van der Waals surface area contributed by atoms with Gasteiger partial charge in [0.2, 0.25) is 11.8 Å². The monoisotopic (exact) mass is 418 g/mol. The Labute approximate surface area is 173 Å². The summed E-state index contributed by atoms with van der Waals surface area (Å²) in [7, 11) is 0. The first-order valence-electron chi connectivity index (χ1n) is 8.84. The number of hydrogen-bond acceptors (Lipinski definition) is 3. The molecule has 0 aromatic heterocycles. The molecular formula is C21H20Cl2N2O3. The summed E-state index contributed by atoms with van der Waals surface area (Å²) in [5.74, 6) is 0.0694. The van der Waals surface area contributed by atoms with Gasteiger partial charge in [0.15, 0.2) is 0 Å². The highest BCUT2D eigenvalue weighted by atomic mass is 35.5. The van der Waals surface area contributed by atoms with Crippen LogP contribution in [0.5, 0.6) is 5.75 Å². The second-order valence-electron chi connectivity index (χ2n) is 6.42. The second kappa shape index (κ2) is 9.13. The van der Waals surface area contributed by atoms with Gasteiger partial charge in [0.1, 0.15) is 12.4 Å². The van der Waals surface area contributed by atoms with Crippen LogP contribution in [0.15, 0.2) is 55.1 Å². The molecule has 3 rings (SSSR count). The van der Waals surface area contributed by atoms with Crippen LogP contribution in [0.1, 0.15) is 12.0 Å². The van der Waals surface area contributed by atoms with Crippen LogP contribution in [0.25, 0.3) is 0 Å². The molecule has 1 atom stereocenters. The van der Waals surface area contributed by atoms with Crippen molar-refractivity contribution >= 4 is 40.7 Å². The summed E-state index contributed by atoms with van der Waals surface area (Å²) in [6.07, 6.45) is 1.81. The number of rotatable bonds is 7. The molecule has 0 spiro atoms. The molecule has 5 nitrogen and oxygen atoms in total. The van der Waals surface area contributed by atoms with Gasteiger partial charge in [-0.15, -0.1) is 6.58 Å². The van der Waals surface area contributed by atoms with Crippen LogP contribution in [0.2, 0.25) is 10.0 Å². The molecule has 0 aliphatic carbocycles. The fourth-order valence-electron chi connectivity index (χ4n) is 3.00. The average molecular weight is 419 g/mol. The van der Waals surface area contributed by atoms with E-state index < -0.39 is 0 Å². The molecule has 2 amide bonds. The van der Waals surface area contributed by atoms with Gasteiger partial charge in [0, 0.05) is 40.8 Å². The molecule has 146 valence electrons. The van der Waals surface area contributed by atoms with Crippen molar-refractivity contribution in [3.8, 4) is 5.75 Å². The van der Waals surface area contributed by atoms with E-state index in [4.69, 9.17) is 27.9 Å². The Morgan fingerprint density at radius 1 is 1.21 bits per heavy atom. The lowest BCUT2D eigenvalue weighted by molar-refractivity contribution is -0.126. The fourth-order valence-corrected chi connectivity index (χ4v) is 3.50. The van der Waals surface area contributed by atoms with Crippen LogP contribution in [-0.4, -0.2) is 24.9 Å². The molecule has 28 heavy (non-hydrogen) atoms. The number of benzene rings is 2. The molecule has 0 saturated carbocycles. The van der Waals surface area contributed by atoms with Crippen molar-refractivity contribution in [3.05, 3.63) is 70.7 Å². The SMILES string of the molecule is C=CCNC(=O)C1CC(=O)N(c2ccc(OCc3c(Cl)cccc3Cl)cc2)C1. The quantitative estimate of drug-likeness (QED) is 0.684. The molecule has 1 unspecified atom stereocenters. The van der Waals surface area contributed by atoms with Gasteiger partial charge in [0.05, 0.1) is 5.92 Å². The molecular weight excluding hydrogens is 399 g/mol. The van der Waals surface area contributed by atoms with E-state index in [1.54, 1.807) is 53.4 Å². The predicted octanol–water partition coefficient (Wildman–Crippen LogP) is 4.23. The zero-order valence-corrected chi connectivity index (χ0v) is 16.7. The minimum Gasteiger partial charge on any atom is -0.489 e. The van der Waals surface area contributed by atoms with Crippen molar-refractivity contribution in [3.63, 3.8) is 0 Å². The summed E-state index contributed by atoms with van der Waals surface area (Å²) in [6, 6.07) is 12.4. The van der Waals surface area contributed by atoms with Crippen LogP contribution >= 0.6 is 23.2 Å². The Morgan fingerprint density at radius 3 is 2.54 bits per heavy atom. The number of nitrogens with one attached hydrogen (secondary N) is 1.